The van der Waals surface area contributed by atoms with Gasteiger partial charge in [0.2, 0.25) is 0 Å². The largest absolute Gasteiger partial charge is 0.382 e. The summed E-state index contributed by atoms with van der Waals surface area (Å²) in [6.45, 7) is 10.8. The average molecular weight is 442 g/mol. The van der Waals surface area contributed by atoms with Crippen molar-refractivity contribution in [3.63, 3.8) is 0 Å². The number of rotatable bonds is 10. The van der Waals surface area contributed by atoms with E-state index in [1.54, 1.807) is 11.0 Å². The van der Waals surface area contributed by atoms with Gasteiger partial charge in [0.05, 0.1) is 18.9 Å². The fraction of sp³-hybridized carbons (Fsp3) is 0.667. The summed E-state index contributed by atoms with van der Waals surface area (Å²) in [6, 6.07) is 5.27. The summed E-state index contributed by atoms with van der Waals surface area (Å²) in [6.07, 6.45) is 2.89. The molecule has 0 radical (unpaired) electrons. The van der Waals surface area contributed by atoms with E-state index in [-0.39, 0.29) is 30.5 Å². The van der Waals surface area contributed by atoms with Crippen LogP contribution in [0.15, 0.2) is 18.2 Å². The highest BCUT2D eigenvalue weighted by Gasteiger charge is 2.25. The monoisotopic (exact) mass is 441 g/mol. The van der Waals surface area contributed by atoms with Gasteiger partial charge >= 0.3 is 16.1 Å². The lowest BCUT2D eigenvalue weighted by molar-refractivity contribution is 0.0790. The zero-order valence-corrected chi connectivity index (χ0v) is 19.5. The molecule has 170 valence electrons. The third-order valence-corrected chi connectivity index (χ3v) is 5.41. The van der Waals surface area contributed by atoms with E-state index in [4.69, 9.17) is 8.92 Å². The molecule has 30 heavy (non-hydrogen) atoms. The fourth-order valence-corrected chi connectivity index (χ4v) is 3.98. The molecule has 1 aliphatic heterocycles. The van der Waals surface area contributed by atoms with E-state index in [9.17, 15) is 13.2 Å². The lowest BCUT2D eigenvalue weighted by atomic mass is 10.1. The molecule has 0 unspecified atom stereocenters. The van der Waals surface area contributed by atoms with Gasteiger partial charge < -0.3 is 24.0 Å². The van der Waals surface area contributed by atoms with E-state index in [0.29, 0.717) is 18.7 Å². The molecule has 9 heteroatoms. The number of carbonyl (C=O) groups is 1. The van der Waals surface area contributed by atoms with Crippen LogP contribution in [-0.4, -0.2) is 64.0 Å². The Kier molecular flexibility index (Phi) is 8.78. The lowest BCUT2D eigenvalue weighted by Crippen LogP contribution is -2.45. The molecule has 1 fully saturated rings. The Morgan fingerprint density at radius 3 is 2.53 bits per heavy atom. The van der Waals surface area contributed by atoms with Gasteiger partial charge in [-0.15, -0.1) is 0 Å². The zero-order valence-electron chi connectivity index (χ0n) is 18.7. The van der Waals surface area contributed by atoms with Crippen LogP contribution >= 0.6 is 0 Å². The first-order valence-electron chi connectivity index (χ1n) is 10.6. The number of hydrogen-bond acceptors (Lipinski definition) is 6. The number of anilines is 1. The quantitative estimate of drug-likeness (QED) is 0.562. The fourth-order valence-electron chi connectivity index (χ4n) is 3.50. The molecule has 1 heterocycles. The maximum atomic E-state index is 12.8. The molecule has 0 bridgehead atoms. The Morgan fingerprint density at radius 1 is 1.30 bits per heavy atom. The predicted molar refractivity (Wildman–Crippen MR) is 119 cm³/mol. The van der Waals surface area contributed by atoms with Gasteiger partial charge in [-0.2, -0.15) is 8.42 Å². The molecule has 1 saturated heterocycles. The van der Waals surface area contributed by atoms with Gasteiger partial charge in [-0.25, -0.2) is 4.79 Å². The molecule has 1 atom stereocenters. The highest BCUT2D eigenvalue weighted by atomic mass is 32.2. The molecule has 1 aromatic carbocycles. The van der Waals surface area contributed by atoms with Gasteiger partial charge in [0.25, 0.3) is 0 Å². The molecule has 1 aromatic rings. The van der Waals surface area contributed by atoms with Crippen LogP contribution in [-0.2, 0) is 21.4 Å². The summed E-state index contributed by atoms with van der Waals surface area (Å²) >= 11 is 0. The number of nitrogens with zero attached hydrogens (tertiary/aromatic N) is 2. The van der Waals surface area contributed by atoms with Gasteiger partial charge in [0, 0.05) is 49.6 Å². The van der Waals surface area contributed by atoms with Crippen LogP contribution in [0.2, 0.25) is 0 Å². The predicted octanol–water partition coefficient (Wildman–Crippen LogP) is 2.97. The normalized spacial score (nSPS) is 16.5. The van der Waals surface area contributed by atoms with Crippen molar-refractivity contribution in [2.24, 2.45) is 0 Å². The Balaban J connectivity index is 2.34. The lowest BCUT2D eigenvalue weighted by Gasteiger charge is -2.28. The molecular weight excluding hydrogens is 406 g/mol. The first-order valence-corrected chi connectivity index (χ1v) is 12.4. The van der Waals surface area contributed by atoms with E-state index in [0.717, 1.165) is 37.9 Å². The molecule has 2 rings (SSSR count). The number of hydrogen-bond donors (Lipinski definition) is 1. The Bertz CT molecular complexity index is 803. The topological polar surface area (TPSA) is 88.2 Å². The molecule has 0 saturated carbocycles. The minimum absolute atomic E-state index is 0.0127. The summed E-state index contributed by atoms with van der Waals surface area (Å²) in [5, 5.41) is 2.92. The minimum atomic E-state index is -3.72. The first kappa shape index (κ1) is 24.3. The van der Waals surface area contributed by atoms with Crippen molar-refractivity contribution in [2.75, 3.05) is 37.4 Å². The van der Waals surface area contributed by atoms with Gasteiger partial charge in [0.15, 0.2) is 0 Å². The summed E-state index contributed by atoms with van der Waals surface area (Å²) in [5.74, 6) is 0.247. The van der Waals surface area contributed by atoms with Crippen LogP contribution < -0.4 is 14.4 Å². The van der Waals surface area contributed by atoms with Crippen molar-refractivity contribution < 1.29 is 22.1 Å². The molecule has 1 aliphatic rings. The van der Waals surface area contributed by atoms with E-state index < -0.39 is 10.1 Å². The van der Waals surface area contributed by atoms with Crippen molar-refractivity contribution >= 4 is 21.8 Å². The van der Waals surface area contributed by atoms with E-state index in [2.05, 4.69) is 10.2 Å². The van der Waals surface area contributed by atoms with E-state index in [1.165, 1.54) is 0 Å². The number of ether oxygens (including phenoxy) is 1. The Hall–Kier alpha value is -2.00. The SMILES string of the molecule is CCN(CC)c1ccc(CN(C[C@H]2CCCO2)C(=O)NC(C)C)c(OS(C)(=O)=O)c1. The smallest absolute Gasteiger partial charge is 0.317 e. The second-order valence-corrected chi connectivity index (χ2v) is 9.45. The zero-order chi connectivity index (χ0) is 22.3. The van der Waals surface area contributed by atoms with Crippen LogP contribution in [0, 0.1) is 0 Å². The third kappa shape index (κ3) is 7.36. The maximum Gasteiger partial charge on any atom is 0.317 e. The molecule has 8 nitrogen and oxygen atoms in total. The molecule has 2 amide bonds. The van der Waals surface area contributed by atoms with Gasteiger partial charge in [0.1, 0.15) is 5.75 Å². The van der Waals surface area contributed by atoms with Gasteiger partial charge in [-0.3, -0.25) is 0 Å². The summed E-state index contributed by atoms with van der Waals surface area (Å²) in [4.78, 5) is 16.6. The Labute approximate surface area is 180 Å². The minimum Gasteiger partial charge on any atom is -0.382 e. The van der Waals surface area contributed by atoms with E-state index in [1.807, 2.05) is 39.8 Å². The van der Waals surface area contributed by atoms with Gasteiger partial charge in [-0.05, 0) is 46.6 Å². The maximum absolute atomic E-state index is 12.8. The van der Waals surface area contributed by atoms with Crippen LogP contribution in [0.25, 0.3) is 0 Å². The second kappa shape index (κ2) is 10.9. The molecule has 0 spiro atoms. The van der Waals surface area contributed by atoms with Crippen LogP contribution in [0.5, 0.6) is 5.75 Å². The molecule has 0 aliphatic carbocycles. The molecule has 0 aromatic heterocycles. The number of nitrogens with one attached hydrogen (secondary N) is 1. The summed E-state index contributed by atoms with van der Waals surface area (Å²) < 4.78 is 34.7. The number of urea groups is 1. The number of carbonyl (C=O) groups excluding carboxylic acids is 1. The molecule has 1 N–H and O–H groups in total. The van der Waals surface area contributed by atoms with Crippen LogP contribution in [0.3, 0.4) is 0 Å². The second-order valence-electron chi connectivity index (χ2n) is 7.87. The standard InChI is InChI=1S/C21H35N3O5S/c1-6-23(7-2)18-11-10-17(20(13-18)29-30(5,26)27)14-24(21(25)22-16(3)4)15-19-9-8-12-28-19/h10-11,13,16,19H,6-9,12,14-15H2,1-5H3,(H,22,25)/t19-/m1/s1. The van der Waals surface area contributed by atoms with Crippen LogP contribution in [0.4, 0.5) is 10.5 Å². The number of benzene rings is 1. The highest BCUT2D eigenvalue weighted by molar-refractivity contribution is 7.86. The van der Waals surface area contributed by atoms with Crippen molar-refractivity contribution in [1.29, 1.82) is 0 Å². The number of amides is 2. The van der Waals surface area contributed by atoms with Crippen molar-refractivity contribution in [1.82, 2.24) is 10.2 Å². The van der Waals surface area contributed by atoms with Crippen molar-refractivity contribution in [2.45, 2.75) is 59.2 Å². The van der Waals surface area contributed by atoms with E-state index >= 15 is 0 Å². The third-order valence-electron chi connectivity index (χ3n) is 4.93. The Morgan fingerprint density at radius 2 is 2.00 bits per heavy atom. The van der Waals surface area contributed by atoms with Gasteiger partial charge in [-0.1, -0.05) is 6.07 Å². The summed E-state index contributed by atoms with van der Waals surface area (Å²) in [7, 11) is -3.72. The highest BCUT2D eigenvalue weighted by Crippen LogP contribution is 2.29. The summed E-state index contributed by atoms with van der Waals surface area (Å²) in [5.41, 5.74) is 1.51. The average Bonchev–Trinajstić information content (AvgIpc) is 3.15. The van der Waals surface area contributed by atoms with Crippen LogP contribution in [0.1, 0.15) is 46.1 Å². The van der Waals surface area contributed by atoms with Crippen molar-refractivity contribution in [3.8, 4) is 5.75 Å². The first-order chi connectivity index (χ1) is 14.1. The van der Waals surface area contributed by atoms with Crippen molar-refractivity contribution in [3.05, 3.63) is 23.8 Å². The molecular formula is C21H35N3O5S.